The zero-order valence-electron chi connectivity index (χ0n) is 11.6. The van der Waals surface area contributed by atoms with Crippen molar-refractivity contribution < 1.29 is 14.3 Å². The molecule has 4 heteroatoms. The predicted molar refractivity (Wildman–Crippen MR) is 72.2 cm³/mol. The lowest BCUT2D eigenvalue weighted by atomic mass is 9.88. The van der Waals surface area contributed by atoms with Crippen LogP contribution in [0.15, 0.2) is 0 Å². The summed E-state index contributed by atoms with van der Waals surface area (Å²) >= 11 is 1.42. The van der Waals surface area contributed by atoms with Crippen molar-refractivity contribution >= 4 is 22.8 Å². The first kappa shape index (κ1) is 13.9. The molecule has 0 saturated heterocycles. The summed E-state index contributed by atoms with van der Waals surface area (Å²) in [5.74, 6) is 0.909. The summed E-state index contributed by atoms with van der Waals surface area (Å²) in [7, 11) is 0. The third kappa shape index (κ3) is 3.08. The third-order valence-corrected chi connectivity index (χ3v) is 4.96. The summed E-state index contributed by atoms with van der Waals surface area (Å²) in [5, 5.41) is 0.495. The van der Waals surface area contributed by atoms with Crippen LogP contribution in [0.5, 0.6) is 0 Å². The number of rotatable bonds is 2. The first-order chi connectivity index (χ1) is 8.26. The minimum atomic E-state index is -0.415. The number of carbonyl (C=O) groups is 2. The quantitative estimate of drug-likeness (QED) is 0.723. The van der Waals surface area contributed by atoms with Gasteiger partial charge in [0.05, 0.1) is 5.92 Å². The van der Waals surface area contributed by atoms with Gasteiger partial charge in [-0.05, 0) is 51.9 Å². The van der Waals surface area contributed by atoms with Gasteiger partial charge in [-0.2, -0.15) is 0 Å². The van der Waals surface area contributed by atoms with Crippen LogP contribution in [0, 0.1) is 17.8 Å². The van der Waals surface area contributed by atoms with Crippen LogP contribution in [0.3, 0.4) is 0 Å². The Balaban J connectivity index is 1.99. The molecule has 0 aromatic heterocycles. The SMILES string of the molecule is CC(=O)SC1CC2CC(C(=O)OC(C)(C)C)C1C2. The van der Waals surface area contributed by atoms with Gasteiger partial charge >= 0.3 is 5.97 Å². The number of esters is 1. The van der Waals surface area contributed by atoms with Crippen LogP contribution in [0.1, 0.15) is 47.0 Å². The second kappa shape index (κ2) is 4.87. The van der Waals surface area contributed by atoms with Crippen molar-refractivity contribution in [1.29, 1.82) is 0 Å². The number of ether oxygens (including phenoxy) is 1. The molecule has 0 aromatic carbocycles. The molecule has 2 rings (SSSR count). The van der Waals surface area contributed by atoms with Crippen LogP contribution >= 0.6 is 11.8 Å². The van der Waals surface area contributed by atoms with Crippen molar-refractivity contribution in [1.82, 2.24) is 0 Å². The van der Waals surface area contributed by atoms with Crippen molar-refractivity contribution in [3.05, 3.63) is 0 Å². The lowest BCUT2D eigenvalue weighted by Crippen LogP contribution is -2.34. The van der Waals surface area contributed by atoms with E-state index in [-0.39, 0.29) is 17.0 Å². The number of hydrogen-bond acceptors (Lipinski definition) is 4. The van der Waals surface area contributed by atoms with Gasteiger partial charge in [0.25, 0.3) is 0 Å². The average Bonchev–Trinajstić information content (AvgIpc) is 2.72. The molecule has 2 aliphatic carbocycles. The van der Waals surface area contributed by atoms with Gasteiger partial charge in [0, 0.05) is 12.2 Å². The molecule has 0 aliphatic heterocycles. The summed E-state index contributed by atoms with van der Waals surface area (Å²) in [6.07, 6.45) is 3.14. The van der Waals surface area contributed by atoms with E-state index in [4.69, 9.17) is 4.74 Å². The van der Waals surface area contributed by atoms with Gasteiger partial charge in [0.2, 0.25) is 0 Å². The molecule has 0 radical (unpaired) electrons. The fourth-order valence-corrected chi connectivity index (χ4v) is 4.55. The number of carbonyl (C=O) groups excluding carboxylic acids is 2. The molecular formula is C14H22O3S. The predicted octanol–water partition coefficient (Wildman–Crippen LogP) is 3.02. The fraction of sp³-hybridized carbons (Fsp3) is 0.857. The molecule has 4 unspecified atom stereocenters. The highest BCUT2D eigenvalue weighted by Gasteiger charge is 2.50. The van der Waals surface area contributed by atoms with Gasteiger partial charge in [-0.1, -0.05) is 11.8 Å². The van der Waals surface area contributed by atoms with Gasteiger partial charge in [0.15, 0.2) is 5.12 Å². The normalized spacial score (nSPS) is 34.7. The van der Waals surface area contributed by atoms with E-state index in [9.17, 15) is 9.59 Å². The maximum Gasteiger partial charge on any atom is 0.309 e. The zero-order chi connectivity index (χ0) is 13.5. The molecule has 102 valence electrons. The van der Waals surface area contributed by atoms with Crippen molar-refractivity contribution in [3.8, 4) is 0 Å². The second-order valence-corrected chi connectivity index (χ2v) is 7.94. The van der Waals surface area contributed by atoms with Gasteiger partial charge in [0.1, 0.15) is 5.60 Å². The Morgan fingerprint density at radius 2 is 1.83 bits per heavy atom. The summed E-state index contributed by atoms with van der Waals surface area (Å²) in [5.41, 5.74) is -0.415. The molecule has 0 spiro atoms. The van der Waals surface area contributed by atoms with E-state index < -0.39 is 5.60 Å². The molecule has 2 aliphatic rings. The Morgan fingerprint density at radius 1 is 1.17 bits per heavy atom. The first-order valence-electron chi connectivity index (χ1n) is 6.66. The molecule has 4 atom stereocenters. The van der Waals surface area contributed by atoms with E-state index in [0.717, 1.165) is 19.3 Å². The van der Waals surface area contributed by atoms with Gasteiger partial charge in [-0.25, -0.2) is 0 Å². The Bertz CT molecular complexity index is 359. The summed E-state index contributed by atoms with van der Waals surface area (Å²) < 4.78 is 5.49. The van der Waals surface area contributed by atoms with Crippen LogP contribution < -0.4 is 0 Å². The van der Waals surface area contributed by atoms with Gasteiger partial charge in [-0.3, -0.25) is 9.59 Å². The lowest BCUT2D eigenvalue weighted by molar-refractivity contribution is -0.161. The van der Waals surface area contributed by atoms with Crippen LogP contribution in [-0.2, 0) is 14.3 Å². The number of hydrogen-bond donors (Lipinski definition) is 0. The molecule has 0 heterocycles. The fourth-order valence-electron chi connectivity index (χ4n) is 3.28. The van der Waals surface area contributed by atoms with E-state index in [0.29, 0.717) is 17.1 Å². The van der Waals surface area contributed by atoms with E-state index in [2.05, 4.69) is 0 Å². The Kier molecular flexibility index (Phi) is 3.77. The van der Waals surface area contributed by atoms with Crippen molar-refractivity contribution in [2.75, 3.05) is 0 Å². The highest BCUT2D eigenvalue weighted by atomic mass is 32.2. The van der Waals surface area contributed by atoms with E-state index in [1.807, 2.05) is 20.8 Å². The van der Waals surface area contributed by atoms with Gasteiger partial charge < -0.3 is 4.74 Å². The first-order valence-corrected chi connectivity index (χ1v) is 7.54. The smallest absolute Gasteiger partial charge is 0.309 e. The highest BCUT2D eigenvalue weighted by Crippen LogP contribution is 2.53. The average molecular weight is 270 g/mol. The second-order valence-electron chi connectivity index (χ2n) is 6.52. The summed E-state index contributed by atoms with van der Waals surface area (Å²) in [4.78, 5) is 23.4. The van der Waals surface area contributed by atoms with Gasteiger partial charge in [-0.15, -0.1) is 0 Å². The Hall–Kier alpha value is -0.510. The number of fused-ring (bicyclic) bond motifs is 2. The Labute approximate surface area is 113 Å². The summed E-state index contributed by atoms with van der Waals surface area (Å²) in [6.45, 7) is 7.32. The lowest BCUT2D eigenvalue weighted by Gasteiger charge is -2.29. The minimum Gasteiger partial charge on any atom is -0.460 e. The molecule has 2 saturated carbocycles. The minimum absolute atomic E-state index is 0.0137. The van der Waals surface area contributed by atoms with Crippen LogP contribution in [0.4, 0.5) is 0 Å². The molecule has 2 fully saturated rings. The largest absolute Gasteiger partial charge is 0.460 e. The molecule has 3 nitrogen and oxygen atoms in total. The molecule has 0 aromatic rings. The maximum atomic E-state index is 12.2. The van der Waals surface area contributed by atoms with Crippen LogP contribution in [0.2, 0.25) is 0 Å². The van der Waals surface area contributed by atoms with E-state index in [1.54, 1.807) is 6.92 Å². The van der Waals surface area contributed by atoms with Crippen LogP contribution in [0.25, 0.3) is 0 Å². The molecule has 0 amide bonds. The molecule has 18 heavy (non-hydrogen) atoms. The van der Waals surface area contributed by atoms with Crippen molar-refractivity contribution in [2.24, 2.45) is 17.8 Å². The Morgan fingerprint density at radius 3 is 2.33 bits per heavy atom. The van der Waals surface area contributed by atoms with E-state index in [1.165, 1.54) is 11.8 Å². The molecular weight excluding hydrogens is 248 g/mol. The highest BCUT2D eigenvalue weighted by molar-refractivity contribution is 8.14. The van der Waals surface area contributed by atoms with E-state index >= 15 is 0 Å². The van der Waals surface area contributed by atoms with Crippen molar-refractivity contribution in [2.45, 2.75) is 57.8 Å². The van der Waals surface area contributed by atoms with Crippen LogP contribution in [-0.4, -0.2) is 21.9 Å². The number of thioether (sulfide) groups is 1. The van der Waals surface area contributed by atoms with Crippen molar-refractivity contribution in [3.63, 3.8) is 0 Å². The maximum absolute atomic E-state index is 12.2. The third-order valence-electron chi connectivity index (χ3n) is 3.78. The standard InChI is InChI=1S/C14H22O3S/c1-8(15)18-12-7-9-5-10(12)11(6-9)13(16)17-14(2,3)4/h9-12H,5-7H2,1-4H3. The monoisotopic (exact) mass is 270 g/mol. The topological polar surface area (TPSA) is 43.4 Å². The molecule has 2 bridgehead atoms. The molecule has 0 N–H and O–H groups in total. The summed E-state index contributed by atoms with van der Waals surface area (Å²) in [6, 6.07) is 0. The zero-order valence-corrected chi connectivity index (χ0v) is 12.4.